The molecule has 0 spiro atoms. The molecule has 0 aliphatic rings. The highest BCUT2D eigenvalue weighted by Crippen LogP contribution is 2.15. The van der Waals surface area contributed by atoms with Gasteiger partial charge in [-0.25, -0.2) is 0 Å². The van der Waals surface area contributed by atoms with E-state index in [1.807, 2.05) is 12.1 Å². The van der Waals surface area contributed by atoms with Crippen LogP contribution in [0.2, 0.25) is 0 Å². The summed E-state index contributed by atoms with van der Waals surface area (Å²) in [4.78, 5) is 0. The largest absolute Gasteiger partial charge is 0.492 e. The van der Waals surface area contributed by atoms with Crippen molar-refractivity contribution < 1.29 is 4.74 Å². The van der Waals surface area contributed by atoms with Crippen molar-refractivity contribution in [2.75, 3.05) is 6.61 Å². The van der Waals surface area contributed by atoms with Crippen molar-refractivity contribution in [3.8, 4) is 5.75 Å². The third-order valence-electron chi connectivity index (χ3n) is 3.55. The maximum absolute atomic E-state index is 5.87. The molecule has 0 bridgehead atoms. The predicted molar refractivity (Wildman–Crippen MR) is 92.0 cm³/mol. The molecule has 2 nitrogen and oxygen atoms in total. The third-order valence-corrected chi connectivity index (χ3v) is 3.55. The quantitative estimate of drug-likeness (QED) is 0.705. The Kier molecular flexibility index (Phi) is 7.81. The Morgan fingerprint density at radius 1 is 0.905 bits per heavy atom. The second-order valence-corrected chi connectivity index (χ2v) is 7.15. The molecule has 2 heteroatoms. The van der Waals surface area contributed by atoms with Crippen LogP contribution in [0.3, 0.4) is 0 Å². The molecular weight excluding hydrogens is 258 g/mol. The zero-order chi connectivity index (χ0) is 15.8. The Balaban J connectivity index is 2.41. The molecule has 0 radical (unpaired) electrons. The molecule has 120 valence electrons. The van der Waals surface area contributed by atoms with Crippen molar-refractivity contribution >= 4 is 0 Å². The zero-order valence-corrected chi connectivity index (χ0v) is 14.6. The van der Waals surface area contributed by atoms with E-state index >= 15 is 0 Å². The molecule has 1 N–H and O–H groups in total. The van der Waals surface area contributed by atoms with Gasteiger partial charge in [0.25, 0.3) is 0 Å². The predicted octanol–water partition coefficient (Wildman–Crippen LogP) is 4.81. The zero-order valence-electron chi connectivity index (χ0n) is 14.6. The number of hydrogen-bond acceptors (Lipinski definition) is 2. The summed E-state index contributed by atoms with van der Waals surface area (Å²) in [6.45, 7) is 14.2. The first kappa shape index (κ1) is 18.0. The first-order valence-electron chi connectivity index (χ1n) is 8.32. The van der Waals surface area contributed by atoms with E-state index in [0.717, 1.165) is 24.2 Å². The molecule has 0 saturated heterocycles. The lowest BCUT2D eigenvalue weighted by atomic mass is 9.95. The van der Waals surface area contributed by atoms with E-state index in [0.29, 0.717) is 12.1 Å². The fourth-order valence-electron chi connectivity index (χ4n) is 2.68. The summed E-state index contributed by atoms with van der Waals surface area (Å²) in [7, 11) is 0. The van der Waals surface area contributed by atoms with Gasteiger partial charge in [-0.3, -0.25) is 0 Å². The molecule has 0 aliphatic heterocycles. The topological polar surface area (TPSA) is 21.3 Å². The summed E-state index contributed by atoms with van der Waals surface area (Å²) in [6.07, 6.45) is 2.46. The van der Waals surface area contributed by atoms with Crippen LogP contribution in [0, 0.1) is 18.8 Å². The molecule has 21 heavy (non-hydrogen) atoms. The minimum Gasteiger partial charge on any atom is -0.492 e. The maximum atomic E-state index is 5.87. The minimum atomic E-state index is 0.369. The van der Waals surface area contributed by atoms with Crippen molar-refractivity contribution in [3.63, 3.8) is 0 Å². The van der Waals surface area contributed by atoms with E-state index in [1.54, 1.807) is 0 Å². The highest BCUT2D eigenvalue weighted by molar-refractivity contribution is 5.26. The fourth-order valence-corrected chi connectivity index (χ4v) is 2.68. The monoisotopic (exact) mass is 291 g/mol. The SMILES string of the molecule is Cc1ccc(OCC(C)NC(CC(C)C)CC(C)C)cc1. The van der Waals surface area contributed by atoms with Crippen molar-refractivity contribution in [1.82, 2.24) is 5.32 Å². The van der Waals surface area contributed by atoms with Crippen LogP contribution >= 0.6 is 0 Å². The van der Waals surface area contributed by atoms with Gasteiger partial charge in [-0.1, -0.05) is 45.4 Å². The van der Waals surface area contributed by atoms with Gasteiger partial charge in [0.1, 0.15) is 12.4 Å². The van der Waals surface area contributed by atoms with Crippen molar-refractivity contribution in [2.24, 2.45) is 11.8 Å². The minimum absolute atomic E-state index is 0.369. The fraction of sp³-hybridized carbons (Fsp3) is 0.684. The summed E-state index contributed by atoms with van der Waals surface area (Å²) in [5, 5.41) is 3.74. The molecule has 0 fully saturated rings. The second kappa shape index (κ2) is 9.09. The van der Waals surface area contributed by atoms with Gasteiger partial charge in [0.2, 0.25) is 0 Å². The lowest BCUT2D eigenvalue weighted by molar-refractivity contribution is 0.243. The van der Waals surface area contributed by atoms with Gasteiger partial charge in [-0.05, 0) is 50.7 Å². The molecule has 1 aromatic rings. The summed E-state index contributed by atoms with van der Waals surface area (Å²) in [5.74, 6) is 2.41. The summed E-state index contributed by atoms with van der Waals surface area (Å²) >= 11 is 0. The molecule has 0 saturated carbocycles. The molecule has 0 heterocycles. The average Bonchev–Trinajstić information content (AvgIpc) is 2.36. The van der Waals surface area contributed by atoms with E-state index < -0.39 is 0 Å². The maximum Gasteiger partial charge on any atom is 0.119 e. The van der Waals surface area contributed by atoms with Gasteiger partial charge in [-0.2, -0.15) is 0 Å². The van der Waals surface area contributed by atoms with E-state index in [2.05, 4.69) is 59.0 Å². The Morgan fingerprint density at radius 2 is 1.43 bits per heavy atom. The van der Waals surface area contributed by atoms with E-state index in [4.69, 9.17) is 4.74 Å². The molecule has 1 unspecified atom stereocenters. The van der Waals surface area contributed by atoms with Crippen LogP contribution < -0.4 is 10.1 Å². The first-order valence-corrected chi connectivity index (χ1v) is 8.32. The van der Waals surface area contributed by atoms with Crippen LogP contribution in [0.15, 0.2) is 24.3 Å². The van der Waals surface area contributed by atoms with E-state index in [1.165, 1.54) is 18.4 Å². The van der Waals surface area contributed by atoms with Crippen LogP contribution in [-0.2, 0) is 0 Å². The highest BCUT2D eigenvalue weighted by Gasteiger charge is 2.15. The Labute approximate surface area is 131 Å². The Hall–Kier alpha value is -1.02. The second-order valence-electron chi connectivity index (χ2n) is 7.15. The number of ether oxygens (including phenoxy) is 1. The molecule has 1 aromatic carbocycles. The van der Waals surface area contributed by atoms with Crippen LogP contribution in [0.25, 0.3) is 0 Å². The van der Waals surface area contributed by atoms with Gasteiger partial charge >= 0.3 is 0 Å². The average molecular weight is 291 g/mol. The summed E-state index contributed by atoms with van der Waals surface area (Å²) in [5.41, 5.74) is 1.27. The Bertz CT molecular complexity index is 373. The van der Waals surface area contributed by atoms with Gasteiger partial charge in [0.05, 0.1) is 0 Å². The lowest BCUT2D eigenvalue weighted by Gasteiger charge is -2.26. The number of nitrogens with one attached hydrogen (secondary N) is 1. The highest BCUT2D eigenvalue weighted by atomic mass is 16.5. The summed E-state index contributed by atoms with van der Waals surface area (Å²) in [6, 6.07) is 9.22. The smallest absolute Gasteiger partial charge is 0.119 e. The molecular formula is C19H33NO. The molecule has 0 aromatic heterocycles. The number of rotatable bonds is 9. The van der Waals surface area contributed by atoms with Crippen LogP contribution in [0.5, 0.6) is 5.75 Å². The first-order chi connectivity index (χ1) is 9.86. The van der Waals surface area contributed by atoms with Crippen molar-refractivity contribution in [3.05, 3.63) is 29.8 Å². The Morgan fingerprint density at radius 3 is 1.90 bits per heavy atom. The number of aryl methyl sites for hydroxylation is 1. The van der Waals surface area contributed by atoms with Crippen LogP contribution in [0.4, 0.5) is 0 Å². The van der Waals surface area contributed by atoms with Crippen LogP contribution in [0.1, 0.15) is 53.0 Å². The van der Waals surface area contributed by atoms with Gasteiger partial charge in [0, 0.05) is 12.1 Å². The normalized spacial score (nSPS) is 13.2. The van der Waals surface area contributed by atoms with Crippen molar-refractivity contribution in [1.29, 1.82) is 0 Å². The summed E-state index contributed by atoms with van der Waals surface area (Å²) < 4.78 is 5.87. The van der Waals surface area contributed by atoms with Gasteiger partial charge in [0.15, 0.2) is 0 Å². The van der Waals surface area contributed by atoms with Gasteiger partial charge < -0.3 is 10.1 Å². The third kappa shape index (κ3) is 8.11. The molecule has 1 atom stereocenters. The van der Waals surface area contributed by atoms with Crippen LogP contribution in [-0.4, -0.2) is 18.7 Å². The van der Waals surface area contributed by atoms with E-state index in [9.17, 15) is 0 Å². The molecule has 1 rings (SSSR count). The van der Waals surface area contributed by atoms with Gasteiger partial charge in [-0.15, -0.1) is 0 Å². The molecule has 0 amide bonds. The molecule has 0 aliphatic carbocycles. The number of hydrogen-bond donors (Lipinski definition) is 1. The van der Waals surface area contributed by atoms with Crippen molar-refractivity contribution in [2.45, 2.75) is 66.5 Å². The standard InChI is InChI=1S/C19H33NO/c1-14(2)11-18(12-15(3)4)20-17(6)13-21-19-9-7-16(5)8-10-19/h7-10,14-15,17-18,20H,11-13H2,1-6H3. The van der Waals surface area contributed by atoms with E-state index in [-0.39, 0.29) is 0 Å². The lowest BCUT2D eigenvalue weighted by Crippen LogP contribution is -2.41. The number of benzene rings is 1.